The summed E-state index contributed by atoms with van der Waals surface area (Å²) in [6, 6.07) is 6.04. The first kappa shape index (κ1) is 21.0. The third-order valence-corrected chi connectivity index (χ3v) is 5.05. The minimum atomic E-state index is -0.438. The van der Waals surface area contributed by atoms with E-state index >= 15 is 0 Å². The van der Waals surface area contributed by atoms with Crippen LogP contribution in [0.5, 0.6) is 17.2 Å². The van der Waals surface area contributed by atoms with Crippen molar-refractivity contribution < 1.29 is 19.0 Å². The second-order valence-electron chi connectivity index (χ2n) is 6.76. The smallest absolute Gasteiger partial charge is 0.217 e. The van der Waals surface area contributed by atoms with Crippen molar-refractivity contribution in [3.05, 3.63) is 56.1 Å². The molecule has 30 heavy (non-hydrogen) atoms. The molecule has 0 spiro atoms. The number of fused-ring (bicyclic) bond motifs is 3. The second-order valence-corrected chi connectivity index (χ2v) is 6.76. The van der Waals surface area contributed by atoms with Gasteiger partial charge < -0.3 is 19.5 Å². The standard InChI is InChI=1S/C21H22N4O5/c1-11(26)23-15-7-5-12-9-18(28-2)20(29-3)21(30-4)19(12)13-6-8-16(24-25-22)17(27)10-14(13)15/h6,8-10,15H,5,7H2,1-4H3,(H,23,26)/t15-/m0/s1. The molecule has 0 heterocycles. The van der Waals surface area contributed by atoms with Crippen molar-refractivity contribution in [3.63, 3.8) is 0 Å². The summed E-state index contributed by atoms with van der Waals surface area (Å²) in [5.41, 5.74) is 11.3. The molecule has 0 fully saturated rings. The van der Waals surface area contributed by atoms with Crippen molar-refractivity contribution in [3.8, 4) is 28.4 Å². The lowest BCUT2D eigenvalue weighted by Crippen LogP contribution is -2.26. The summed E-state index contributed by atoms with van der Waals surface area (Å²) in [6.07, 6.45) is 1.16. The number of methoxy groups -OCH3 is 3. The summed E-state index contributed by atoms with van der Waals surface area (Å²) in [5, 5.41) is 6.41. The quantitative estimate of drug-likeness (QED) is 0.456. The van der Waals surface area contributed by atoms with Gasteiger partial charge in [-0.3, -0.25) is 9.59 Å². The number of carbonyl (C=O) groups excluding carboxylic acids is 1. The fourth-order valence-electron chi connectivity index (χ4n) is 3.83. The second kappa shape index (κ2) is 8.75. The van der Waals surface area contributed by atoms with E-state index in [9.17, 15) is 9.59 Å². The summed E-state index contributed by atoms with van der Waals surface area (Å²) >= 11 is 0. The van der Waals surface area contributed by atoms with Gasteiger partial charge in [-0.05, 0) is 53.3 Å². The lowest BCUT2D eigenvalue weighted by Gasteiger charge is -2.19. The average molecular weight is 410 g/mol. The maximum atomic E-state index is 12.7. The molecule has 9 nitrogen and oxygen atoms in total. The Balaban J connectivity index is 2.44. The number of hydrogen-bond donors (Lipinski definition) is 1. The van der Waals surface area contributed by atoms with Gasteiger partial charge in [0.25, 0.3) is 0 Å². The number of carbonyl (C=O) groups is 1. The van der Waals surface area contributed by atoms with E-state index in [2.05, 4.69) is 15.3 Å². The van der Waals surface area contributed by atoms with Crippen molar-refractivity contribution in [2.75, 3.05) is 21.3 Å². The van der Waals surface area contributed by atoms with Gasteiger partial charge in [-0.1, -0.05) is 11.2 Å². The number of hydrogen-bond acceptors (Lipinski definition) is 6. The highest BCUT2D eigenvalue weighted by atomic mass is 16.5. The molecule has 156 valence electrons. The van der Waals surface area contributed by atoms with Crippen molar-refractivity contribution in [2.45, 2.75) is 25.8 Å². The van der Waals surface area contributed by atoms with Crippen LogP contribution in [-0.2, 0) is 11.2 Å². The summed E-state index contributed by atoms with van der Waals surface area (Å²) in [7, 11) is 4.59. The monoisotopic (exact) mass is 410 g/mol. The van der Waals surface area contributed by atoms with Gasteiger partial charge in [0.2, 0.25) is 11.7 Å². The fraction of sp³-hybridized carbons (Fsp3) is 0.333. The lowest BCUT2D eigenvalue weighted by molar-refractivity contribution is -0.119. The SMILES string of the molecule is COc1cc2c(c(OC)c1OC)-c1ccc(N=[N+]=[N-])c(=O)cc1[C@@H](NC(C)=O)CC2. The van der Waals surface area contributed by atoms with Crippen LogP contribution in [0.2, 0.25) is 0 Å². The van der Waals surface area contributed by atoms with Gasteiger partial charge in [-0.2, -0.15) is 0 Å². The van der Waals surface area contributed by atoms with Crippen LogP contribution in [-0.4, -0.2) is 27.2 Å². The summed E-state index contributed by atoms with van der Waals surface area (Å²) in [5.74, 6) is 1.19. The first-order chi connectivity index (χ1) is 14.4. The summed E-state index contributed by atoms with van der Waals surface area (Å²) in [4.78, 5) is 27.2. The molecule has 2 aromatic carbocycles. The normalized spacial score (nSPS) is 14.3. The van der Waals surface area contributed by atoms with Crippen LogP contribution in [0.15, 0.2) is 34.2 Å². The molecule has 9 heteroatoms. The van der Waals surface area contributed by atoms with Gasteiger partial charge in [0.15, 0.2) is 16.9 Å². The predicted molar refractivity (Wildman–Crippen MR) is 111 cm³/mol. The Morgan fingerprint density at radius 2 is 1.90 bits per heavy atom. The molecule has 0 saturated heterocycles. The maximum absolute atomic E-state index is 12.7. The van der Waals surface area contributed by atoms with Crippen molar-refractivity contribution in [1.29, 1.82) is 0 Å². The molecule has 2 aromatic rings. The number of benzene rings is 1. The van der Waals surface area contributed by atoms with Crippen LogP contribution >= 0.6 is 0 Å². The minimum Gasteiger partial charge on any atom is -0.493 e. The number of aryl methyl sites for hydroxylation is 1. The Morgan fingerprint density at radius 3 is 2.50 bits per heavy atom. The molecule has 0 aliphatic heterocycles. The Kier molecular flexibility index (Phi) is 6.13. The Bertz CT molecular complexity index is 1110. The van der Waals surface area contributed by atoms with Gasteiger partial charge in [0, 0.05) is 17.4 Å². The van der Waals surface area contributed by atoms with Crippen molar-refractivity contribution in [2.24, 2.45) is 5.11 Å². The van der Waals surface area contributed by atoms with Crippen molar-refractivity contribution in [1.82, 2.24) is 5.32 Å². The largest absolute Gasteiger partial charge is 0.493 e. The molecular weight excluding hydrogens is 388 g/mol. The summed E-state index contributed by atoms with van der Waals surface area (Å²) in [6.45, 7) is 1.43. The Morgan fingerprint density at radius 1 is 1.17 bits per heavy atom. The molecule has 0 radical (unpaired) electrons. The number of ether oxygens (including phenoxy) is 3. The number of amides is 1. The zero-order chi connectivity index (χ0) is 21.8. The number of nitrogens with one attached hydrogen (secondary N) is 1. The molecule has 0 saturated carbocycles. The number of nitrogens with zero attached hydrogens (tertiary/aromatic N) is 3. The third-order valence-electron chi connectivity index (χ3n) is 5.05. The fourth-order valence-corrected chi connectivity index (χ4v) is 3.83. The van der Waals surface area contributed by atoms with E-state index in [1.807, 2.05) is 6.07 Å². The first-order valence-electron chi connectivity index (χ1n) is 9.27. The van der Waals surface area contributed by atoms with Gasteiger partial charge >= 0.3 is 0 Å². The van der Waals surface area contributed by atoms with Crippen LogP contribution < -0.4 is 25.0 Å². The zero-order valence-corrected chi connectivity index (χ0v) is 17.2. The number of rotatable bonds is 5. The summed E-state index contributed by atoms with van der Waals surface area (Å²) < 4.78 is 16.7. The van der Waals surface area contributed by atoms with E-state index in [1.165, 1.54) is 33.3 Å². The van der Waals surface area contributed by atoms with E-state index in [1.54, 1.807) is 13.2 Å². The van der Waals surface area contributed by atoms with Crippen LogP contribution in [0.1, 0.15) is 30.5 Å². The Hall–Kier alpha value is -3.71. The van der Waals surface area contributed by atoms with Crippen molar-refractivity contribution >= 4 is 11.6 Å². The lowest BCUT2D eigenvalue weighted by atomic mass is 9.95. The molecule has 1 amide bonds. The molecule has 1 aliphatic carbocycles. The van der Waals surface area contributed by atoms with E-state index < -0.39 is 11.5 Å². The van der Waals surface area contributed by atoms with Crippen LogP contribution in [0.25, 0.3) is 21.6 Å². The molecule has 1 aliphatic rings. The first-order valence-corrected chi connectivity index (χ1v) is 9.27. The van der Waals surface area contributed by atoms with Crippen LogP contribution in [0.4, 0.5) is 5.69 Å². The molecular formula is C21H22N4O5. The van der Waals surface area contributed by atoms with Gasteiger partial charge in [-0.15, -0.1) is 0 Å². The van der Waals surface area contributed by atoms with E-state index in [0.717, 1.165) is 11.1 Å². The van der Waals surface area contributed by atoms with Gasteiger partial charge in [-0.25, -0.2) is 0 Å². The van der Waals surface area contributed by atoms with E-state index in [0.29, 0.717) is 41.2 Å². The van der Waals surface area contributed by atoms with Crippen LogP contribution in [0, 0.1) is 0 Å². The number of azide groups is 1. The highest BCUT2D eigenvalue weighted by Gasteiger charge is 2.29. The molecule has 1 N–H and O–H groups in total. The zero-order valence-electron chi connectivity index (χ0n) is 17.2. The van der Waals surface area contributed by atoms with Gasteiger partial charge in [0.1, 0.15) is 0 Å². The maximum Gasteiger partial charge on any atom is 0.217 e. The molecule has 0 aromatic heterocycles. The third kappa shape index (κ3) is 3.75. The van der Waals surface area contributed by atoms with E-state index in [-0.39, 0.29) is 11.6 Å². The van der Waals surface area contributed by atoms with Gasteiger partial charge in [0.05, 0.1) is 33.1 Å². The molecule has 0 bridgehead atoms. The highest BCUT2D eigenvalue weighted by Crippen LogP contribution is 2.50. The van der Waals surface area contributed by atoms with E-state index in [4.69, 9.17) is 19.7 Å². The van der Waals surface area contributed by atoms with Crippen LogP contribution in [0.3, 0.4) is 0 Å². The minimum absolute atomic E-state index is 0.0341. The molecule has 3 rings (SSSR count). The Labute approximate surface area is 173 Å². The predicted octanol–water partition coefficient (Wildman–Crippen LogP) is 3.80. The average Bonchev–Trinajstić information content (AvgIpc) is 2.96. The molecule has 1 atom stereocenters. The molecule has 0 unspecified atom stereocenters. The topological polar surface area (TPSA) is 123 Å². The highest BCUT2D eigenvalue weighted by molar-refractivity contribution is 5.83.